The Balaban J connectivity index is 2.85. The Hall–Kier alpha value is -1.11. The average molecular weight is 319 g/mol. The van der Waals surface area contributed by atoms with Gasteiger partial charge in [-0.15, -0.1) is 0 Å². The van der Waals surface area contributed by atoms with Crippen LogP contribution in [-0.4, -0.2) is 38.4 Å². The van der Waals surface area contributed by atoms with Crippen molar-refractivity contribution in [2.24, 2.45) is 0 Å². The summed E-state index contributed by atoms with van der Waals surface area (Å²) in [6.07, 6.45) is 0. The van der Waals surface area contributed by atoms with Crippen LogP contribution in [0.15, 0.2) is 29.2 Å². The smallest absolute Gasteiger partial charge is 0.241 e. The van der Waals surface area contributed by atoms with Crippen molar-refractivity contribution in [2.45, 2.75) is 31.7 Å². The molecule has 0 fully saturated rings. The summed E-state index contributed by atoms with van der Waals surface area (Å²) in [4.78, 5) is 13.7. The first-order chi connectivity index (χ1) is 9.31. The number of benzene rings is 1. The minimum Gasteiger partial charge on any atom is -0.342 e. The number of hydrogen-bond donors (Lipinski definition) is 1. The van der Waals surface area contributed by atoms with Gasteiger partial charge >= 0.3 is 0 Å². The predicted octanol–water partition coefficient (Wildman–Crippen LogP) is 1.88. The number of nitrogens with zero attached hydrogens (tertiary/aromatic N) is 1. The molecule has 1 atom stereocenters. The molecule has 0 radical (unpaired) electrons. The molecule has 7 heteroatoms. The highest BCUT2D eigenvalue weighted by Gasteiger charge is 2.24. The van der Waals surface area contributed by atoms with Crippen molar-refractivity contribution in [3.63, 3.8) is 0 Å². The molecule has 20 heavy (non-hydrogen) atoms. The van der Waals surface area contributed by atoms with Gasteiger partial charge in [0.25, 0.3) is 0 Å². The Bertz CT molecular complexity index is 553. The van der Waals surface area contributed by atoms with Crippen molar-refractivity contribution in [1.82, 2.24) is 9.62 Å². The average Bonchev–Trinajstić information content (AvgIpc) is 2.40. The van der Waals surface area contributed by atoms with Gasteiger partial charge in [-0.05, 0) is 45.0 Å². The van der Waals surface area contributed by atoms with E-state index in [1.54, 1.807) is 4.90 Å². The van der Waals surface area contributed by atoms with Gasteiger partial charge in [-0.2, -0.15) is 4.72 Å². The summed E-state index contributed by atoms with van der Waals surface area (Å²) in [5, 5.41) is 0.455. The van der Waals surface area contributed by atoms with Crippen LogP contribution in [0.2, 0.25) is 5.02 Å². The molecule has 0 spiro atoms. The third-order valence-electron chi connectivity index (χ3n) is 2.90. The van der Waals surface area contributed by atoms with Crippen LogP contribution in [0.5, 0.6) is 0 Å². The number of carbonyl (C=O) groups excluding carboxylic acids is 1. The molecule has 0 unspecified atom stereocenters. The third-order valence-corrected chi connectivity index (χ3v) is 4.71. The van der Waals surface area contributed by atoms with Crippen LogP contribution in [0.4, 0.5) is 0 Å². The molecule has 112 valence electrons. The quantitative estimate of drug-likeness (QED) is 0.871. The van der Waals surface area contributed by atoms with Crippen LogP contribution in [0.1, 0.15) is 20.8 Å². The number of sulfonamides is 1. The fourth-order valence-corrected chi connectivity index (χ4v) is 3.10. The molecule has 1 N–H and O–H groups in total. The number of likely N-dealkylation sites (N-methyl/N-ethyl adjacent to an activating group) is 1. The van der Waals surface area contributed by atoms with Crippen LogP contribution in [0.3, 0.4) is 0 Å². The zero-order valence-electron chi connectivity index (χ0n) is 11.8. The number of nitrogens with one attached hydrogen (secondary N) is 1. The van der Waals surface area contributed by atoms with Gasteiger partial charge in [-0.3, -0.25) is 4.79 Å². The van der Waals surface area contributed by atoms with Gasteiger partial charge in [-0.25, -0.2) is 8.42 Å². The van der Waals surface area contributed by atoms with Crippen LogP contribution >= 0.6 is 11.6 Å². The lowest BCUT2D eigenvalue weighted by Gasteiger charge is -2.23. The first-order valence-corrected chi connectivity index (χ1v) is 8.24. The van der Waals surface area contributed by atoms with Crippen molar-refractivity contribution in [1.29, 1.82) is 0 Å². The van der Waals surface area contributed by atoms with E-state index < -0.39 is 16.1 Å². The van der Waals surface area contributed by atoms with Crippen molar-refractivity contribution >= 4 is 27.5 Å². The van der Waals surface area contributed by atoms with Gasteiger partial charge in [0.05, 0.1) is 10.9 Å². The molecule has 0 bridgehead atoms. The minimum atomic E-state index is -3.73. The highest BCUT2D eigenvalue weighted by atomic mass is 35.5. The standard InChI is InChI=1S/C13H19ClN2O3S/c1-4-16(5-2)13(17)10(3)15-20(18,19)12-8-6-11(14)7-9-12/h6-10,15H,4-5H2,1-3H3/t10-/m0/s1. The molecule has 5 nitrogen and oxygen atoms in total. The molecule has 0 aromatic heterocycles. The fourth-order valence-electron chi connectivity index (χ4n) is 1.77. The maximum Gasteiger partial charge on any atom is 0.241 e. The highest BCUT2D eigenvalue weighted by Crippen LogP contribution is 2.14. The maximum atomic E-state index is 12.1. The van der Waals surface area contributed by atoms with Crippen molar-refractivity contribution in [3.05, 3.63) is 29.3 Å². The molecule has 0 aliphatic carbocycles. The van der Waals surface area contributed by atoms with E-state index in [2.05, 4.69) is 4.72 Å². The monoisotopic (exact) mass is 318 g/mol. The second-order valence-electron chi connectivity index (χ2n) is 4.31. The summed E-state index contributed by atoms with van der Waals surface area (Å²) in [6.45, 7) is 6.32. The molecule has 0 saturated carbocycles. The number of carbonyl (C=O) groups is 1. The lowest BCUT2D eigenvalue weighted by molar-refractivity contribution is -0.132. The van der Waals surface area contributed by atoms with Crippen molar-refractivity contribution in [2.75, 3.05) is 13.1 Å². The first kappa shape index (κ1) is 16.9. The van der Waals surface area contributed by atoms with E-state index >= 15 is 0 Å². The zero-order valence-corrected chi connectivity index (χ0v) is 13.3. The Kier molecular flexibility index (Phi) is 5.98. The Morgan fingerprint density at radius 2 is 1.75 bits per heavy atom. The number of hydrogen-bond acceptors (Lipinski definition) is 3. The van der Waals surface area contributed by atoms with Crippen LogP contribution in [-0.2, 0) is 14.8 Å². The molecule has 1 rings (SSSR count). The largest absolute Gasteiger partial charge is 0.342 e. The van der Waals surface area contributed by atoms with E-state index in [0.29, 0.717) is 18.1 Å². The van der Waals surface area contributed by atoms with E-state index in [4.69, 9.17) is 11.6 Å². The molecule has 0 heterocycles. The highest BCUT2D eigenvalue weighted by molar-refractivity contribution is 7.89. The topological polar surface area (TPSA) is 66.5 Å². The summed E-state index contributed by atoms with van der Waals surface area (Å²) in [7, 11) is -3.73. The molecule has 1 aromatic carbocycles. The van der Waals surface area contributed by atoms with Crippen LogP contribution < -0.4 is 4.72 Å². The number of halogens is 1. The summed E-state index contributed by atoms with van der Waals surface area (Å²) in [5.41, 5.74) is 0. The Morgan fingerprint density at radius 1 is 1.25 bits per heavy atom. The van der Waals surface area contributed by atoms with Gasteiger partial charge in [-0.1, -0.05) is 11.6 Å². The lowest BCUT2D eigenvalue weighted by Crippen LogP contribution is -2.46. The fraction of sp³-hybridized carbons (Fsp3) is 0.462. The van der Waals surface area contributed by atoms with Crippen molar-refractivity contribution < 1.29 is 13.2 Å². The van der Waals surface area contributed by atoms with E-state index in [1.165, 1.54) is 31.2 Å². The molecule has 1 amide bonds. The molecule has 1 aromatic rings. The molecule has 0 aliphatic rings. The summed E-state index contributed by atoms with van der Waals surface area (Å²) in [6, 6.07) is 4.98. The first-order valence-electron chi connectivity index (χ1n) is 6.38. The summed E-state index contributed by atoms with van der Waals surface area (Å²) < 4.78 is 26.6. The third kappa shape index (κ3) is 4.19. The van der Waals surface area contributed by atoms with Gasteiger partial charge in [0.15, 0.2) is 0 Å². The van der Waals surface area contributed by atoms with Crippen LogP contribution in [0, 0.1) is 0 Å². The SMILES string of the molecule is CCN(CC)C(=O)[C@H](C)NS(=O)(=O)c1ccc(Cl)cc1. The molecular formula is C13H19ClN2O3S. The van der Waals surface area contributed by atoms with Gasteiger partial charge in [0, 0.05) is 18.1 Å². The second kappa shape index (κ2) is 7.06. The minimum absolute atomic E-state index is 0.0843. The zero-order chi connectivity index (χ0) is 15.3. The van der Waals surface area contributed by atoms with Gasteiger partial charge in [0.2, 0.25) is 15.9 Å². The Labute approximate surface area is 125 Å². The number of amides is 1. The Morgan fingerprint density at radius 3 is 2.20 bits per heavy atom. The normalized spacial score (nSPS) is 13.0. The molecular weight excluding hydrogens is 300 g/mol. The summed E-state index contributed by atoms with van der Waals surface area (Å²) >= 11 is 5.72. The molecule has 0 aliphatic heterocycles. The van der Waals surface area contributed by atoms with E-state index in [9.17, 15) is 13.2 Å². The summed E-state index contributed by atoms with van der Waals surface area (Å²) in [5.74, 6) is -0.243. The van der Waals surface area contributed by atoms with E-state index in [0.717, 1.165) is 0 Å². The second-order valence-corrected chi connectivity index (χ2v) is 6.46. The lowest BCUT2D eigenvalue weighted by atomic mass is 10.3. The predicted molar refractivity (Wildman–Crippen MR) is 79.2 cm³/mol. The van der Waals surface area contributed by atoms with Crippen molar-refractivity contribution in [3.8, 4) is 0 Å². The van der Waals surface area contributed by atoms with Gasteiger partial charge in [0.1, 0.15) is 0 Å². The van der Waals surface area contributed by atoms with E-state index in [-0.39, 0.29) is 10.8 Å². The van der Waals surface area contributed by atoms with E-state index in [1.807, 2.05) is 13.8 Å². The molecule has 0 saturated heterocycles. The number of rotatable bonds is 6. The van der Waals surface area contributed by atoms with Crippen LogP contribution in [0.25, 0.3) is 0 Å². The maximum absolute atomic E-state index is 12.1. The van der Waals surface area contributed by atoms with Gasteiger partial charge < -0.3 is 4.90 Å².